The smallest absolute Gasteiger partial charge is 0.257 e. The van der Waals surface area contributed by atoms with Crippen LogP contribution in [0.1, 0.15) is 32.0 Å². The number of piperidine rings is 1. The van der Waals surface area contributed by atoms with Crippen LogP contribution in [0.2, 0.25) is 0 Å². The van der Waals surface area contributed by atoms with E-state index in [2.05, 4.69) is 22.2 Å². The van der Waals surface area contributed by atoms with Gasteiger partial charge in [0.1, 0.15) is 5.82 Å². The Bertz CT molecular complexity index is 938. The fourth-order valence-corrected chi connectivity index (χ4v) is 3.61. The first-order valence-electron chi connectivity index (χ1n) is 9.39. The molecule has 1 saturated heterocycles. The zero-order chi connectivity index (χ0) is 19.6. The molecule has 0 aliphatic carbocycles. The quantitative estimate of drug-likeness (QED) is 0.677. The molecule has 1 aliphatic heterocycles. The minimum atomic E-state index is -0.374. The van der Waals surface area contributed by atoms with Gasteiger partial charge < -0.3 is 9.42 Å². The van der Waals surface area contributed by atoms with E-state index in [0.717, 1.165) is 19.4 Å². The van der Waals surface area contributed by atoms with Crippen molar-refractivity contribution in [2.45, 2.75) is 38.1 Å². The molecule has 0 saturated carbocycles. The van der Waals surface area contributed by atoms with Crippen LogP contribution in [-0.2, 0) is 16.8 Å². The molecule has 1 aliphatic rings. The van der Waals surface area contributed by atoms with E-state index >= 15 is 0 Å². The predicted molar refractivity (Wildman–Crippen MR) is 99.7 cm³/mol. The zero-order valence-corrected chi connectivity index (χ0v) is 15.7. The van der Waals surface area contributed by atoms with Gasteiger partial charge in [-0.3, -0.25) is 9.48 Å². The maximum atomic E-state index is 13.1. The highest BCUT2D eigenvalue weighted by Gasteiger charge is 2.38. The topological polar surface area (TPSA) is 77.0 Å². The summed E-state index contributed by atoms with van der Waals surface area (Å²) in [5, 5.41) is 8.30. The number of halogens is 1. The lowest BCUT2D eigenvalue weighted by molar-refractivity contribution is -0.133. The Morgan fingerprint density at radius 3 is 2.89 bits per heavy atom. The molecule has 0 N–H and O–H groups in total. The summed E-state index contributed by atoms with van der Waals surface area (Å²) in [7, 11) is 0. The Morgan fingerprint density at radius 2 is 2.14 bits per heavy atom. The first kappa shape index (κ1) is 18.3. The lowest BCUT2D eigenvalue weighted by atomic mass is 9.81. The molecule has 0 spiro atoms. The molecule has 28 heavy (non-hydrogen) atoms. The second-order valence-corrected chi connectivity index (χ2v) is 7.43. The van der Waals surface area contributed by atoms with E-state index in [1.807, 2.05) is 17.2 Å². The third kappa shape index (κ3) is 3.81. The number of hydrogen-bond donors (Lipinski definition) is 0. The van der Waals surface area contributed by atoms with Gasteiger partial charge in [-0.2, -0.15) is 10.1 Å². The maximum Gasteiger partial charge on any atom is 0.257 e. The summed E-state index contributed by atoms with van der Waals surface area (Å²) < 4.78 is 20.3. The Hall–Kier alpha value is -3.03. The van der Waals surface area contributed by atoms with Crippen LogP contribution in [0.4, 0.5) is 4.39 Å². The first-order valence-corrected chi connectivity index (χ1v) is 9.39. The lowest BCUT2D eigenvalue weighted by Gasteiger charge is -2.38. The van der Waals surface area contributed by atoms with Crippen molar-refractivity contribution in [2.24, 2.45) is 0 Å². The second kappa shape index (κ2) is 7.53. The number of likely N-dealkylation sites (tertiary alicyclic amines) is 1. The van der Waals surface area contributed by atoms with Crippen molar-refractivity contribution in [3.63, 3.8) is 0 Å². The Morgan fingerprint density at radius 1 is 1.32 bits per heavy atom. The molecule has 8 heteroatoms. The van der Waals surface area contributed by atoms with Crippen LogP contribution >= 0.6 is 0 Å². The van der Waals surface area contributed by atoms with Gasteiger partial charge in [0.15, 0.2) is 5.82 Å². The average molecular weight is 383 g/mol. The minimum Gasteiger partial charge on any atom is -0.342 e. The standard InChI is InChI=1S/C20H22FN5O2/c1-20(19-23-18(28-24-19)15-4-6-16(21)7-5-15)9-2-11-25(14-20)17(27)8-13-26-12-3-10-22-26/h3-7,10,12H,2,8-9,11,13-14H2,1H3. The second-order valence-electron chi connectivity index (χ2n) is 7.43. The number of aryl methyl sites for hydroxylation is 1. The zero-order valence-electron chi connectivity index (χ0n) is 15.7. The fraction of sp³-hybridized carbons (Fsp3) is 0.400. The number of hydrogen-bond acceptors (Lipinski definition) is 5. The van der Waals surface area contributed by atoms with E-state index in [4.69, 9.17) is 4.52 Å². The molecule has 3 heterocycles. The number of aromatic nitrogens is 4. The summed E-state index contributed by atoms with van der Waals surface area (Å²) in [4.78, 5) is 19.1. The van der Waals surface area contributed by atoms with E-state index in [1.54, 1.807) is 23.0 Å². The molecule has 1 unspecified atom stereocenters. The summed E-state index contributed by atoms with van der Waals surface area (Å²) in [6, 6.07) is 7.79. The van der Waals surface area contributed by atoms with E-state index in [1.165, 1.54) is 12.1 Å². The van der Waals surface area contributed by atoms with Gasteiger partial charge in [-0.1, -0.05) is 12.1 Å². The lowest BCUT2D eigenvalue weighted by Crippen LogP contribution is -2.47. The van der Waals surface area contributed by atoms with Crippen LogP contribution in [-0.4, -0.2) is 43.8 Å². The molecule has 4 rings (SSSR count). The molecule has 1 atom stereocenters. The van der Waals surface area contributed by atoms with E-state index in [-0.39, 0.29) is 17.1 Å². The SMILES string of the molecule is CC1(c2noc(-c3ccc(F)cc3)n2)CCCN(C(=O)CCn2cccn2)C1. The number of nitrogens with zero attached hydrogens (tertiary/aromatic N) is 5. The molecule has 2 aromatic heterocycles. The molecular weight excluding hydrogens is 361 g/mol. The molecule has 146 valence electrons. The fourth-order valence-electron chi connectivity index (χ4n) is 3.61. The summed E-state index contributed by atoms with van der Waals surface area (Å²) in [5.74, 6) is 0.727. The van der Waals surface area contributed by atoms with Crippen LogP contribution in [0.3, 0.4) is 0 Å². The van der Waals surface area contributed by atoms with Crippen LogP contribution < -0.4 is 0 Å². The van der Waals surface area contributed by atoms with Crippen molar-refractivity contribution < 1.29 is 13.7 Å². The number of carbonyl (C=O) groups excluding carboxylic acids is 1. The molecule has 0 radical (unpaired) electrons. The van der Waals surface area contributed by atoms with Gasteiger partial charge in [0, 0.05) is 49.4 Å². The van der Waals surface area contributed by atoms with Crippen molar-refractivity contribution in [1.82, 2.24) is 24.8 Å². The van der Waals surface area contributed by atoms with Crippen molar-refractivity contribution >= 4 is 5.91 Å². The Kier molecular flexibility index (Phi) is 4.93. The molecule has 1 fully saturated rings. The van der Waals surface area contributed by atoms with Gasteiger partial charge in [-0.15, -0.1) is 0 Å². The molecular formula is C20H22FN5O2. The predicted octanol–water partition coefficient (Wildman–Crippen LogP) is 3.04. The van der Waals surface area contributed by atoms with Gasteiger partial charge in [0.2, 0.25) is 5.91 Å². The van der Waals surface area contributed by atoms with Gasteiger partial charge in [-0.05, 0) is 43.2 Å². The van der Waals surface area contributed by atoms with Crippen LogP contribution in [0.25, 0.3) is 11.5 Å². The first-order chi connectivity index (χ1) is 13.5. The largest absolute Gasteiger partial charge is 0.342 e. The van der Waals surface area contributed by atoms with Crippen LogP contribution in [0, 0.1) is 5.82 Å². The van der Waals surface area contributed by atoms with E-state index < -0.39 is 0 Å². The van der Waals surface area contributed by atoms with Crippen molar-refractivity contribution in [3.05, 3.63) is 54.4 Å². The number of rotatable bonds is 5. The number of benzene rings is 1. The molecule has 1 amide bonds. The average Bonchev–Trinajstić information content (AvgIpc) is 3.39. The Balaban J connectivity index is 1.45. The van der Waals surface area contributed by atoms with Crippen LogP contribution in [0.5, 0.6) is 0 Å². The molecule has 1 aromatic carbocycles. The highest BCUT2D eigenvalue weighted by atomic mass is 19.1. The van der Waals surface area contributed by atoms with Gasteiger partial charge in [0.25, 0.3) is 5.89 Å². The third-order valence-electron chi connectivity index (χ3n) is 5.22. The minimum absolute atomic E-state index is 0.101. The van der Waals surface area contributed by atoms with E-state index in [9.17, 15) is 9.18 Å². The van der Waals surface area contributed by atoms with Crippen molar-refractivity contribution in [1.29, 1.82) is 0 Å². The summed E-state index contributed by atoms with van der Waals surface area (Å²) >= 11 is 0. The number of carbonyl (C=O) groups is 1. The summed E-state index contributed by atoms with van der Waals surface area (Å²) in [6.45, 7) is 3.90. The van der Waals surface area contributed by atoms with Gasteiger partial charge >= 0.3 is 0 Å². The maximum absolute atomic E-state index is 13.1. The van der Waals surface area contributed by atoms with Crippen molar-refractivity contribution in [2.75, 3.05) is 13.1 Å². The molecule has 7 nitrogen and oxygen atoms in total. The summed E-state index contributed by atoms with van der Waals surface area (Å²) in [6.07, 6.45) is 5.72. The van der Waals surface area contributed by atoms with E-state index in [0.29, 0.717) is 36.8 Å². The summed E-state index contributed by atoms with van der Waals surface area (Å²) in [5.41, 5.74) is 0.299. The highest BCUT2D eigenvalue weighted by Crippen LogP contribution is 2.33. The monoisotopic (exact) mass is 383 g/mol. The number of amides is 1. The van der Waals surface area contributed by atoms with Crippen LogP contribution in [0.15, 0.2) is 47.2 Å². The van der Waals surface area contributed by atoms with Crippen molar-refractivity contribution in [3.8, 4) is 11.5 Å². The van der Waals surface area contributed by atoms with Gasteiger partial charge in [0.05, 0.1) is 0 Å². The normalized spacial score (nSPS) is 19.7. The highest BCUT2D eigenvalue weighted by molar-refractivity contribution is 5.76. The molecule has 3 aromatic rings. The Labute approximate surface area is 162 Å². The molecule has 0 bridgehead atoms. The van der Waals surface area contributed by atoms with Gasteiger partial charge in [-0.25, -0.2) is 4.39 Å². The third-order valence-corrected chi connectivity index (χ3v) is 5.22.